The van der Waals surface area contributed by atoms with Crippen LogP contribution in [0.2, 0.25) is 0 Å². The van der Waals surface area contributed by atoms with E-state index in [0.717, 1.165) is 19.3 Å². The van der Waals surface area contributed by atoms with E-state index in [2.05, 4.69) is 10.6 Å². The summed E-state index contributed by atoms with van der Waals surface area (Å²) in [6.45, 7) is 5.69. The highest BCUT2D eigenvalue weighted by atomic mass is 16.4. The van der Waals surface area contributed by atoms with Gasteiger partial charge in [0.15, 0.2) is 0 Å². The van der Waals surface area contributed by atoms with Crippen LogP contribution < -0.4 is 10.6 Å². The molecule has 98 valence electrons. The van der Waals surface area contributed by atoms with Gasteiger partial charge in [0.05, 0.1) is 0 Å². The molecule has 0 aliphatic heterocycles. The Kier molecular flexibility index (Phi) is 4.78. The van der Waals surface area contributed by atoms with Crippen molar-refractivity contribution in [1.29, 1.82) is 0 Å². The Morgan fingerprint density at radius 1 is 1.29 bits per heavy atom. The predicted molar refractivity (Wildman–Crippen MR) is 64.7 cm³/mol. The fourth-order valence-electron chi connectivity index (χ4n) is 1.79. The van der Waals surface area contributed by atoms with Crippen molar-refractivity contribution in [2.24, 2.45) is 11.8 Å². The number of rotatable bonds is 6. The lowest BCUT2D eigenvalue weighted by atomic mass is 9.99. The van der Waals surface area contributed by atoms with E-state index in [-0.39, 0.29) is 18.0 Å². The molecule has 0 aromatic carbocycles. The van der Waals surface area contributed by atoms with Crippen LogP contribution in [0.5, 0.6) is 0 Å². The number of carbonyl (C=O) groups is 2. The Hall–Kier alpha value is -1.26. The van der Waals surface area contributed by atoms with Gasteiger partial charge in [0, 0.05) is 6.04 Å². The maximum Gasteiger partial charge on any atom is 0.326 e. The van der Waals surface area contributed by atoms with Crippen LogP contribution in [-0.2, 0) is 4.79 Å². The van der Waals surface area contributed by atoms with Gasteiger partial charge >= 0.3 is 12.0 Å². The molecular weight excluding hydrogens is 220 g/mol. The van der Waals surface area contributed by atoms with E-state index >= 15 is 0 Å². The van der Waals surface area contributed by atoms with Gasteiger partial charge in [-0.25, -0.2) is 9.59 Å². The molecule has 17 heavy (non-hydrogen) atoms. The summed E-state index contributed by atoms with van der Waals surface area (Å²) in [6, 6.07) is -1.06. The number of carboxylic acid groups (broad SMARTS) is 1. The van der Waals surface area contributed by atoms with Crippen LogP contribution in [0.1, 0.15) is 40.0 Å². The molecule has 3 atom stereocenters. The second-order valence-corrected chi connectivity index (χ2v) is 4.95. The molecule has 1 aliphatic rings. The molecule has 0 heterocycles. The van der Waals surface area contributed by atoms with Crippen molar-refractivity contribution in [1.82, 2.24) is 10.6 Å². The van der Waals surface area contributed by atoms with Gasteiger partial charge in [-0.1, -0.05) is 20.3 Å². The second-order valence-electron chi connectivity index (χ2n) is 4.95. The topological polar surface area (TPSA) is 78.4 Å². The number of nitrogens with one attached hydrogen (secondary N) is 2. The highest BCUT2D eigenvalue weighted by molar-refractivity contribution is 5.82. The Labute approximate surface area is 102 Å². The highest BCUT2D eigenvalue weighted by Gasteiger charge is 2.30. The molecule has 0 bridgehead atoms. The fourth-order valence-corrected chi connectivity index (χ4v) is 1.79. The summed E-state index contributed by atoms with van der Waals surface area (Å²) in [5.41, 5.74) is 0. The summed E-state index contributed by atoms with van der Waals surface area (Å²) in [6.07, 6.45) is 3.01. The van der Waals surface area contributed by atoms with Crippen LogP contribution in [0.4, 0.5) is 4.79 Å². The lowest BCUT2D eigenvalue weighted by molar-refractivity contribution is -0.140. The first-order valence-electron chi connectivity index (χ1n) is 6.25. The lowest BCUT2D eigenvalue weighted by Gasteiger charge is -2.22. The number of carbonyl (C=O) groups excluding carboxylic acids is 1. The number of hydrogen-bond donors (Lipinski definition) is 3. The number of aliphatic carboxylic acids is 1. The monoisotopic (exact) mass is 242 g/mol. The Morgan fingerprint density at radius 3 is 2.29 bits per heavy atom. The molecule has 5 nitrogen and oxygen atoms in total. The minimum atomic E-state index is -0.978. The zero-order chi connectivity index (χ0) is 13.0. The molecule has 5 heteroatoms. The van der Waals surface area contributed by atoms with Crippen LogP contribution in [0, 0.1) is 11.8 Å². The first-order chi connectivity index (χ1) is 7.95. The third-order valence-electron chi connectivity index (χ3n) is 3.45. The van der Waals surface area contributed by atoms with Gasteiger partial charge in [-0.3, -0.25) is 0 Å². The van der Waals surface area contributed by atoms with Gasteiger partial charge in [0.2, 0.25) is 0 Å². The average Bonchev–Trinajstić information content (AvgIpc) is 3.08. The Balaban J connectivity index is 2.42. The van der Waals surface area contributed by atoms with Crippen molar-refractivity contribution < 1.29 is 14.7 Å². The largest absolute Gasteiger partial charge is 0.480 e. The molecule has 0 spiro atoms. The average molecular weight is 242 g/mol. The smallest absolute Gasteiger partial charge is 0.326 e. The zero-order valence-electron chi connectivity index (χ0n) is 10.7. The Morgan fingerprint density at radius 2 is 1.88 bits per heavy atom. The predicted octanol–water partition coefficient (Wildman–Crippen LogP) is 1.58. The zero-order valence-corrected chi connectivity index (χ0v) is 10.7. The van der Waals surface area contributed by atoms with E-state index in [1.165, 1.54) is 0 Å². The molecule has 1 saturated carbocycles. The normalized spacial score (nSPS) is 20.2. The molecule has 2 amide bonds. The first-order valence-corrected chi connectivity index (χ1v) is 6.25. The van der Waals surface area contributed by atoms with E-state index in [1.54, 1.807) is 0 Å². The second kappa shape index (κ2) is 5.89. The van der Waals surface area contributed by atoms with Crippen molar-refractivity contribution >= 4 is 12.0 Å². The SMILES string of the molecule is CCC(C)C(NC(=O)NC(C)C1CC1)C(=O)O. The molecule has 3 N–H and O–H groups in total. The number of amides is 2. The third-order valence-corrected chi connectivity index (χ3v) is 3.45. The molecule has 0 saturated heterocycles. The van der Waals surface area contributed by atoms with Gasteiger partial charge in [0.25, 0.3) is 0 Å². The number of urea groups is 1. The molecule has 0 radical (unpaired) electrons. The molecule has 0 aromatic rings. The quantitative estimate of drug-likeness (QED) is 0.661. The van der Waals surface area contributed by atoms with Crippen LogP contribution in [0.15, 0.2) is 0 Å². The maximum atomic E-state index is 11.6. The standard InChI is InChI=1S/C12H22N2O3/c1-4-7(2)10(11(15)16)14-12(17)13-8(3)9-5-6-9/h7-10H,4-6H2,1-3H3,(H,15,16)(H2,13,14,17). The summed E-state index contributed by atoms with van der Waals surface area (Å²) in [4.78, 5) is 22.7. The summed E-state index contributed by atoms with van der Waals surface area (Å²) in [5.74, 6) is -0.490. The van der Waals surface area contributed by atoms with Crippen molar-refractivity contribution in [2.75, 3.05) is 0 Å². The third kappa shape index (κ3) is 4.24. The maximum absolute atomic E-state index is 11.6. The number of carboxylic acids is 1. The molecule has 1 aliphatic carbocycles. The van der Waals surface area contributed by atoms with E-state index in [4.69, 9.17) is 5.11 Å². The highest BCUT2D eigenvalue weighted by Crippen LogP contribution is 2.32. The lowest BCUT2D eigenvalue weighted by Crippen LogP contribution is -2.51. The van der Waals surface area contributed by atoms with Crippen LogP contribution in [0.3, 0.4) is 0 Å². The first kappa shape index (κ1) is 13.8. The van der Waals surface area contributed by atoms with Crippen molar-refractivity contribution in [3.8, 4) is 0 Å². The van der Waals surface area contributed by atoms with Crippen LogP contribution >= 0.6 is 0 Å². The summed E-state index contributed by atoms with van der Waals surface area (Å²) in [5, 5.41) is 14.4. The van der Waals surface area contributed by atoms with E-state index < -0.39 is 12.0 Å². The summed E-state index contributed by atoms with van der Waals surface area (Å²) < 4.78 is 0. The van der Waals surface area contributed by atoms with Crippen molar-refractivity contribution in [3.63, 3.8) is 0 Å². The summed E-state index contributed by atoms with van der Waals surface area (Å²) in [7, 11) is 0. The molecule has 0 aromatic heterocycles. The van der Waals surface area contributed by atoms with Crippen molar-refractivity contribution in [3.05, 3.63) is 0 Å². The summed E-state index contributed by atoms with van der Waals surface area (Å²) >= 11 is 0. The molecule has 1 fully saturated rings. The van der Waals surface area contributed by atoms with Gasteiger partial charge in [-0.05, 0) is 31.6 Å². The van der Waals surface area contributed by atoms with Gasteiger partial charge in [-0.2, -0.15) is 0 Å². The van der Waals surface area contributed by atoms with E-state index in [9.17, 15) is 9.59 Å². The van der Waals surface area contributed by atoms with Gasteiger partial charge in [0.1, 0.15) is 6.04 Å². The fraction of sp³-hybridized carbons (Fsp3) is 0.833. The minimum absolute atomic E-state index is 0.0746. The van der Waals surface area contributed by atoms with Gasteiger partial charge in [-0.15, -0.1) is 0 Å². The van der Waals surface area contributed by atoms with E-state index in [0.29, 0.717) is 5.92 Å². The molecule has 3 unspecified atom stereocenters. The number of hydrogen-bond acceptors (Lipinski definition) is 2. The minimum Gasteiger partial charge on any atom is -0.480 e. The van der Waals surface area contributed by atoms with Gasteiger partial charge < -0.3 is 15.7 Å². The molecular formula is C12H22N2O3. The molecule has 1 rings (SSSR count). The Bertz CT molecular complexity index is 289. The van der Waals surface area contributed by atoms with Crippen molar-refractivity contribution in [2.45, 2.75) is 52.1 Å². The van der Waals surface area contributed by atoms with Crippen LogP contribution in [-0.4, -0.2) is 29.2 Å². The van der Waals surface area contributed by atoms with Crippen LogP contribution in [0.25, 0.3) is 0 Å². The van der Waals surface area contributed by atoms with E-state index in [1.807, 2.05) is 20.8 Å².